The minimum absolute atomic E-state index is 0.334. The van der Waals surface area contributed by atoms with E-state index in [9.17, 15) is 8.78 Å². The van der Waals surface area contributed by atoms with Gasteiger partial charge in [0.2, 0.25) is 0 Å². The van der Waals surface area contributed by atoms with E-state index in [1.54, 1.807) is 6.92 Å². The molecule has 0 heterocycles. The highest BCUT2D eigenvalue weighted by Crippen LogP contribution is 2.30. The van der Waals surface area contributed by atoms with Gasteiger partial charge in [-0.15, -0.1) is 0 Å². The van der Waals surface area contributed by atoms with Crippen molar-refractivity contribution in [3.8, 4) is 11.5 Å². The zero-order chi connectivity index (χ0) is 14.9. The molecule has 0 saturated carbocycles. The van der Waals surface area contributed by atoms with Crippen LogP contribution in [0.15, 0.2) is 30.3 Å². The molecule has 2 rings (SSSR count). The predicted octanol–water partition coefficient (Wildman–Crippen LogP) is 5.50. The van der Waals surface area contributed by atoms with Crippen molar-refractivity contribution in [2.24, 2.45) is 0 Å². The number of aryl methyl sites for hydroxylation is 2. The largest absolute Gasteiger partial charge is 0.457 e. The molecule has 2 aromatic carbocycles. The summed E-state index contributed by atoms with van der Waals surface area (Å²) in [6, 6.07) is 7.99. The summed E-state index contributed by atoms with van der Waals surface area (Å²) >= 11 is 0. The fourth-order valence-corrected chi connectivity index (χ4v) is 2.22. The SMILES string of the molecule is Cc1cc(F)c(F)cc1Oc1ccc(C(C)C)c(C)c1. The minimum atomic E-state index is -0.902. The van der Waals surface area contributed by atoms with E-state index < -0.39 is 11.6 Å². The highest BCUT2D eigenvalue weighted by Gasteiger charge is 2.10. The molecule has 0 atom stereocenters. The molecule has 0 amide bonds. The Morgan fingerprint density at radius 3 is 2.15 bits per heavy atom. The van der Waals surface area contributed by atoms with Gasteiger partial charge < -0.3 is 4.74 Å². The van der Waals surface area contributed by atoms with Crippen molar-refractivity contribution < 1.29 is 13.5 Å². The summed E-state index contributed by atoms with van der Waals surface area (Å²) in [5.74, 6) is -0.363. The molecule has 0 N–H and O–H groups in total. The lowest BCUT2D eigenvalue weighted by Gasteiger charge is -2.13. The molecule has 3 heteroatoms. The average Bonchev–Trinajstić information content (AvgIpc) is 2.35. The third kappa shape index (κ3) is 2.98. The van der Waals surface area contributed by atoms with Crippen LogP contribution < -0.4 is 4.74 Å². The molecule has 0 aliphatic carbocycles. The highest BCUT2D eigenvalue weighted by atomic mass is 19.2. The normalized spacial score (nSPS) is 10.9. The maximum atomic E-state index is 13.3. The molecule has 0 radical (unpaired) electrons. The van der Waals surface area contributed by atoms with Crippen LogP contribution in [0.4, 0.5) is 8.78 Å². The summed E-state index contributed by atoms with van der Waals surface area (Å²) in [4.78, 5) is 0. The fraction of sp³-hybridized carbons (Fsp3) is 0.294. The smallest absolute Gasteiger partial charge is 0.162 e. The van der Waals surface area contributed by atoms with E-state index in [0.717, 1.165) is 17.7 Å². The van der Waals surface area contributed by atoms with Gasteiger partial charge >= 0.3 is 0 Å². The molecule has 20 heavy (non-hydrogen) atoms. The fourth-order valence-electron chi connectivity index (χ4n) is 2.22. The van der Waals surface area contributed by atoms with Gasteiger partial charge in [0.1, 0.15) is 11.5 Å². The second-order valence-electron chi connectivity index (χ2n) is 5.31. The van der Waals surface area contributed by atoms with Crippen LogP contribution in [0.2, 0.25) is 0 Å². The Kier molecular flexibility index (Phi) is 4.07. The lowest BCUT2D eigenvalue weighted by molar-refractivity contribution is 0.457. The van der Waals surface area contributed by atoms with Crippen LogP contribution in [-0.4, -0.2) is 0 Å². The summed E-state index contributed by atoms with van der Waals surface area (Å²) in [6.07, 6.45) is 0. The topological polar surface area (TPSA) is 9.23 Å². The maximum Gasteiger partial charge on any atom is 0.162 e. The number of halogens is 2. The number of hydrogen-bond donors (Lipinski definition) is 0. The average molecular weight is 276 g/mol. The van der Waals surface area contributed by atoms with Crippen molar-refractivity contribution in [3.05, 3.63) is 58.7 Å². The Morgan fingerprint density at radius 2 is 1.55 bits per heavy atom. The van der Waals surface area contributed by atoms with Crippen LogP contribution in [-0.2, 0) is 0 Å². The van der Waals surface area contributed by atoms with Crippen LogP contribution in [0.5, 0.6) is 11.5 Å². The minimum Gasteiger partial charge on any atom is -0.457 e. The first kappa shape index (κ1) is 14.5. The highest BCUT2D eigenvalue weighted by molar-refractivity contribution is 5.41. The van der Waals surface area contributed by atoms with Crippen molar-refractivity contribution in [2.75, 3.05) is 0 Å². The molecule has 0 fully saturated rings. The monoisotopic (exact) mass is 276 g/mol. The molecular weight excluding hydrogens is 258 g/mol. The first-order chi connectivity index (χ1) is 9.38. The van der Waals surface area contributed by atoms with E-state index in [1.807, 2.05) is 25.1 Å². The number of hydrogen-bond acceptors (Lipinski definition) is 1. The molecule has 1 nitrogen and oxygen atoms in total. The quantitative estimate of drug-likeness (QED) is 0.719. The van der Waals surface area contributed by atoms with Crippen molar-refractivity contribution in [1.29, 1.82) is 0 Å². The van der Waals surface area contributed by atoms with Crippen LogP contribution in [0, 0.1) is 25.5 Å². The second kappa shape index (κ2) is 5.61. The first-order valence-corrected chi connectivity index (χ1v) is 6.62. The summed E-state index contributed by atoms with van der Waals surface area (Å²) in [7, 11) is 0. The van der Waals surface area contributed by atoms with Crippen molar-refractivity contribution in [2.45, 2.75) is 33.6 Å². The van der Waals surface area contributed by atoms with Gasteiger partial charge in [-0.3, -0.25) is 0 Å². The van der Waals surface area contributed by atoms with Crippen molar-refractivity contribution in [1.82, 2.24) is 0 Å². The van der Waals surface area contributed by atoms with Crippen molar-refractivity contribution >= 4 is 0 Å². The summed E-state index contributed by atoms with van der Waals surface area (Å²) < 4.78 is 32.0. The Morgan fingerprint density at radius 1 is 0.900 bits per heavy atom. The third-order valence-electron chi connectivity index (χ3n) is 3.31. The second-order valence-corrected chi connectivity index (χ2v) is 5.31. The number of ether oxygens (including phenoxy) is 1. The van der Waals surface area contributed by atoms with E-state index >= 15 is 0 Å². The van der Waals surface area contributed by atoms with Gasteiger partial charge in [0.15, 0.2) is 11.6 Å². The molecule has 0 spiro atoms. The number of rotatable bonds is 3. The maximum absolute atomic E-state index is 13.3. The van der Waals surface area contributed by atoms with Crippen LogP contribution >= 0.6 is 0 Å². The van der Waals surface area contributed by atoms with E-state index in [1.165, 1.54) is 5.56 Å². The van der Waals surface area contributed by atoms with E-state index in [2.05, 4.69) is 13.8 Å². The molecule has 0 bridgehead atoms. The predicted molar refractivity (Wildman–Crippen MR) is 76.4 cm³/mol. The van der Waals surface area contributed by atoms with E-state index in [4.69, 9.17) is 4.74 Å². The van der Waals surface area contributed by atoms with E-state index in [0.29, 0.717) is 23.0 Å². The lowest BCUT2D eigenvalue weighted by atomic mass is 9.98. The first-order valence-electron chi connectivity index (χ1n) is 6.62. The molecular formula is C17H18F2O. The molecule has 0 saturated heterocycles. The Hall–Kier alpha value is -1.90. The van der Waals surface area contributed by atoms with Crippen LogP contribution in [0.3, 0.4) is 0 Å². The van der Waals surface area contributed by atoms with Crippen molar-refractivity contribution in [3.63, 3.8) is 0 Å². The molecule has 0 unspecified atom stereocenters. The zero-order valence-electron chi connectivity index (χ0n) is 12.1. The van der Waals surface area contributed by atoms with Gasteiger partial charge in [-0.2, -0.15) is 0 Å². The molecule has 0 aromatic heterocycles. The Labute approximate surface area is 118 Å². The number of benzene rings is 2. The van der Waals surface area contributed by atoms with Gasteiger partial charge in [-0.25, -0.2) is 8.78 Å². The lowest BCUT2D eigenvalue weighted by Crippen LogP contribution is -1.95. The molecule has 2 aromatic rings. The summed E-state index contributed by atoms with van der Waals surface area (Å²) in [5, 5.41) is 0. The molecule has 106 valence electrons. The Bertz CT molecular complexity index is 633. The van der Waals surface area contributed by atoms with Crippen LogP contribution in [0.25, 0.3) is 0 Å². The van der Waals surface area contributed by atoms with Gasteiger partial charge in [0.05, 0.1) is 0 Å². The van der Waals surface area contributed by atoms with Gasteiger partial charge in [0.25, 0.3) is 0 Å². The Balaban J connectivity index is 2.31. The van der Waals surface area contributed by atoms with Gasteiger partial charge in [0, 0.05) is 6.07 Å². The molecule has 0 aliphatic heterocycles. The summed E-state index contributed by atoms with van der Waals surface area (Å²) in [6.45, 7) is 7.96. The summed E-state index contributed by atoms with van der Waals surface area (Å²) in [5.41, 5.74) is 2.94. The zero-order valence-corrected chi connectivity index (χ0v) is 12.1. The van der Waals surface area contributed by atoms with Gasteiger partial charge in [-0.1, -0.05) is 19.9 Å². The third-order valence-corrected chi connectivity index (χ3v) is 3.31. The van der Waals surface area contributed by atoms with E-state index in [-0.39, 0.29) is 0 Å². The van der Waals surface area contributed by atoms with Gasteiger partial charge in [-0.05, 0) is 54.7 Å². The van der Waals surface area contributed by atoms with Crippen LogP contribution in [0.1, 0.15) is 36.5 Å². The standard InChI is InChI=1S/C17H18F2O/c1-10(2)14-6-5-13(7-11(14)3)20-17-9-16(19)15(18)8-12(17)4/h5-10H,1-4H3. The molecule has 0 aliphatic rings.